The van der Waals surface area contributed by atoms with Gasteiger partial charge in [0.05, 0.1) is 11.6 Å². The molecule has 3 aliphatic rings. The molecule has 5 aromatic rings. The molecule has 0 atom stereocenters. The molecule has 0 unspecified atom stereocenters. The molecule has 5 heterocycles. The largest absolute Gasteiger partial charge is 0.353 e. The Morgan fingerprint density at radius 1 is 1.00 bits per heavy atom. The van der Waals surface area contributed by atoms with Gasteiger partial charge in [-0.3, -0.25) is 18.8 Å². The van der Waals surface area contributed by atoms with Crippen LogP contribution >= 0.6 is 0 Å². The summed E-state index contributed by atoms with van der Waals surface area (Å²) >= 11 is 0. The number of rotatable bonds is 8. The first-order valence-corrected chi connectivity index (χ1v) is 15.8. The summed E-state index contributed by atoms with van der Waals surface area (Å²) in [4.78, 5) is 29.4. The van der Waals surface area contributed by atoms with Crippen LogP contribution in [0.3, 0.4) is 0 Å². The zero-order chi connectivity index (χ0) is 30.7. The van der Waals surface area contributed by atoms with E-state index in [1.807, 2.05) is 18.3 Å². The number of H-pyrrole nitrogens is 1. The number of nitrogens with zero attached hydrogens (tertiary/aromatic N) is 6. The summed E-state index contributed by atoms with van der Waals surface area (Å²) in [6.07, 6.45) is 12.4. The first kappa shape index (κ1) is 27.9. The van der Waals surface area contributed by atoms with E-state index < -0.39 is 6.55 Å². The van der Waals surface area contributed by atoms with E-state index in [2.05, 4.69) is 27.0 Å². The number of fused-ring (bicyclic) bond motifs is 1. The van der Waals surface area contributed by atoms with Crippen LogP contribution in [-0.2, 0) is 6.54 Å². The lowest BCUT2D eigenvalue weighted by atomic mass is 9.96. The first-order valence-electron chi connectivity index (χ1n) is 15.8. The molecule has 8 rings (SSSR count). The molecule has 0 radical (unpaired) electrons. The molecule has 0 spiro atoms. The third kappa shape index (κ3) is 5.25. The maximum atomic E-state index is 14.2. The molecule has 2 saturated carbocycles. The third-order valence-corrected chi connectivity index (χ3v) is 9.40. The fourth-order valence-electron chi connectivity index (χ4n) is 6.76. The molecule has 10 heteroatoms. The minimum absolute atomic E-state index is 0.0747. The van der Waals surface area contributed by atoms with Crippen LogP contribution in [0.4, 0.5) is 8.78 Å². The highest BCUT2D eigenvalue weighted by molar-refractivity contribution is 5.85. The number of piperidine rings is 1. The van der Waals surface area contributed by atoms with Crippen molar-refractivity contribution in [1.82, 2.24) is 29.0 Å². The minimum Gasteiger partial charge on any atom is -0.353 e. The highest BCUT2D eigenvalue weighted by Gasteiger charge is 2.30. The predicted molar refractivity (Wildman–Crippen MR) is 167 cm³/mol. The van der Waals surface area contributed by atoms with Gasteiger partial charge in [-0.15, -0.1) is 0 Å². The Labute approximate surface area is 259 Å². The molecule has 1 aliphatic heterocycles. The Hall–Kier alpha value is -4.62. The molecule has 0 bridgehead atoms. The van der Waals surface area contributed by atoms with Gasteiger partial charge in [0.2, 0.25) is 0 Å². The van der Waals surface area contributed by atoms with E-state index >= 15 is 0 Å². The van der Waals surface area contributed by atoms with Gasteiger partial charge in [-0.25, -0.2) is 9.97 Å². The van der Waals surface area contributed by atoms with Crippen LogP contribution < -0.4 is 5.56 Å². The van der Waals surface area contributed by atoms with E-state index in [0.29, 0.717) is 33.9 Å². The molecular formula is C35H33F2N7O. The summed E-state index contributed by atoms with van der Waals surface area (Å²) in [5.41, 5.74) is 5.68. The number of benzene rings is 1. The van der Waals surface area contributed by atoms with Crippen molar-refractivity contribution in [3.05, 3.63) is 87.9 Å². The average Bonchev–Trinajstić information content (AvgIpc) is 3.99. The van der Waals surface area contributed by atoms with Gasteiger partial charge >= 0.3 is 6.55 Å². The maximum absolute atomic E-state index is 14.2. The Morgan fingerprint density at radius 3 is 2.53 bits per heavy atom. The number of aromatic amines is 1. The average molecular weight is 606 g/mol. The Bertz CT molecular complexity index is 2020. The van der Waals surface area contributed by atoms with Crippen molar-refractivity contribution in [3.63, 3.8) is 0 Å². The molecule has 1 saturated heterocycles. The zero-order valence-corrected chi connectivity index (χ0v) is 24.8. The molecule has 8 nitrogen and oxygen atoms in total. The van der Waals surface area contributed by atoms with Gasteiger partial charge in [0.25, 0.3) is 5.56 Å². The standard InChI is InChI=1S/C35H33F2N7O/c36-35(37)43-13-10-39-33(43)28-14-21(18-38)4-9-26(28)24-15-30(23-7-8-23)41-31(16-24)44-20-29(22-5-6-22)27-17-25(40-32(27)34(44)45)19-42-11-2-1-3-12-42/h4,9-10,13-17,20,22-23,35,40H,1-3,5-8,11-12,19H2. The molecule has 228 valence electrons. The lowest BCUT2D eigenvalue weighted by Crippen LogP contribution is -2.29. The lowest BCUT2D eigenvalue weighted by Gasteiger charge is -2.25. The van der Waals surface area contributed by atoms with E-state index in [1.165, 1.54) is 31.7 Å². The molecule has 1 aromatic carbocycles. The van der Waals surface area contributed by atoms with Crippen molar-refractivity contribution >= 4 is 10.9 Å². The fraction of sp³-hybridized carbons (Fsp3) is 0.371. The van der Waals surface area contributed by atoms with Crippen molar-refractivity contribution in [2.75, 3.05) is 13.1 Å². The topological polar surface area (TPSA) is 95.5 Å². The van der Waals surface area contributed by atoms with Crippen LogP contribution in [0, 0.1) is 11.3 Å². The molecular weight excluding hydrogens is 572 g/mol. The van der Waals surface area contributed by atoms with Gasteiger partial charge in [0.1, 0.15) is 17.2 Å². The van der Waals surface area contributed by atoms with Crippen LogP contribution in [0.2, 0.25) is 0 Å². The summed E-state index contributed by atoms with van der Waals surface area (Å²) in [6, 6.07) is 13.2. The number of pyridine rings is 2. The molecule has 45 heavy (non-hydrogen) atoms. The normalized spacial score (nSPS) is 17.3. The number of imidazole rings is 1. The number of hydrogen-bond acceptors (Lipinski definition) is 5. The molecule has 0 amide bonds. The Balaban J connectivity index is 1.28. The predicted octanol–water partition coefficient (Wildman–Crippen LogP) is 7.25. The monoisotopic (exact) mass is 605 g/mol. The highest BCUT2D eigenvalue weighted by atomic mass is 19.3. The van der Waals surface area contributed by atoms with Crippen LogP contribution in [-0.4, -0.2) is 42.1 Å². The Kier molecular flexibility index (Phi) is 6.86. The quantitative estimate of drug-likeness (QED) is 0.201. The van der Waals surface area contributed by atoms with E-state index in [0.717, 1.165) is 77.8 Å². The van der Waals surface area contributed by atoms with Crippen molar-refractivity contribution < 1.29 is 8.78 Å². The molecule has 4 aromatic heterocycles. The van der Waals surface area contributed by atoms with E-state index in [1.54, 1.807) is 22.8 Å². The van der Waals surface area contributed by atoms with Gasteiger partial charge in [-0.05, 0) is 105 Å². The number of halogens is 2. The lowest BCUT2D eigenvalue weighted by molar-refractivity contribution is 0.0720. The minimum atomic E-state index is -2.79. The molecule has 2 aliphatic carbocycles. The van der Waals surface area contributed by atoms with Crippen molar-refractivity contribution in [2.45, 2.75) is 69.9 Å². The fourth-order valence-corrected chi connectivity index (χ4v) is 6.76. The smallest absolute Gasteiger partial charge is 0.320 e. The van der Waals surface area contributed by atoms with Crippen LogP contribution in [0.5, 0.6) is 0 Å². The van der Waals surface area contributed by atoms with E-state index in [-0.39, 0.29) is 17.3 Å². The summed E-state index contributed by atoms with van der Waals surface area (Å²) in [6.45, 7) is 0.158. The van der Waals surface area contributed by atoms with Crippen LogP contribution in [0.15, 0.2) is 59.8 Å². The SMILES string of the molecule is N#Cc1ccc(-c2cc(C3CC3)nc(-n3cc(C4CC4)c4cc(CN5CCCCC5)[nH]c4c3=O)c2)c(-c2nccn2C(F)F)c1. The van der Waals surface area contributed by atoms with Gasteiger partial charge in [0, 0.05) is 53.4 Å². The van der Waals surface area contributed by atoms with Crippen molar-refractivity contribution in [3.8, 4) is 34.4 Å². The van der Waals surface area contributed by atoms with Gasteiger partial charge in [-0.2, -0.15) is 14.0 Å². The van der Waals surface area contributed by atoms with Gasteiger partial charge in [0.15, 0.2) is 0 Å². The summed E-state index contributed by atoms with van der Waals surface area (Å²) in [5.74, 6) is 1.26. The number of nitrogens with one attached hydrogen (secondary N) is 1. The number of nitriles is 1. The number of likely N-dealkylation sites (tertiary alicyclic amines) is 1. The summed E-state index contributed by atoms with van der Waals surface area (Å²) in [7, 11) is 0. The van der Waals surface area contributed by atoms with Gasteiger partial charge < -0.3 is 4.98 Å². The second-order valence-corrected chi connectivity index (χ2v) is 12.7. The van der Waals surface area contributed by atoms with Crippen molar-refractivity contribution in [2.24, 2.45) is 0 Å². The summed E-state index contributed by atoms with van der Waals surface area (Å²) in [5, 5.41) is 10.6. The number of hydrogen-bond donors (Lipinski definition) is 1. The third-order valence-electron chi connectivity index (χ3n) is 9.40. The maximum Gasteiger partial charge on any atom is 0.320 e. The number of alkyl halides is 2. The highest BCUT2D eigenvalue weighted by Crippen LogP contribution is 2.44. The Morgan fingerprint density at radius 2 is 1.80 bits per heavy atom. The molecule has 3 fully saturated rings. The summed E-state index contributed by atoms with van der Waals surface area (Å²) < 4.78 is 30.4. The zero-order valence-electron chi connectivity index (χ0n) is 24.8. The second kappa shape index (κ2) is 11.1. The van der Waals surface area contributed by atoms with E-state index in [4.69, 9.17) is 4.98 Å². The van der Waals surface area contributed by atoms with Crippen LogP contribution in [0.25, 0.3) is 39.2 Å². The first-order chi connectivity index (χ1) is 22.0. The van der Waals surface area contributed by atoms with Gasteiger partial charge in [-0.1, -0.05) is 12.5 Å². The second-order valence-electron chi connectivity index (χ2n) is 12.7. The van der Waals surface area contributed by atoms with Crippen molar-refractivity contribution in [1.29, 1.82) is 5.26 Å². The number of aromatic nitrogens is 5. The molecule has 1 N–H and O–H groups in total. The van der Waals surface area contributed by atoms with E-state index in [9.17, 15) is 18.8 Å². The van der Waals surface area contributed by atoms with Crippen LogP contribution in [0.1, 0.15) is 85.8 Å².